The Labute approximate surface area is 145 Å². The summed E-state index contributed by atoms with van der Waals surface area (Å²) >= 11 is 5.73. The Hall–Kier alpha value is -2.94. The topological polar surface area (TPSA) is 113 Å². The molecule has 0 aliphatic rings. The molecule has 2 rings (SSSR count). The van der Waals surface area contributed by atoms with Crippen molar-refractivity contribution in [2.24, 2.45) is 14.1 Å². The van der Waals surface area contributed by atoms with Crippen molar-refractivity contribution in [2.45, 2.75) is 0 Å². The average molecular weight is 370 g/mol. The molecule has 25 heavy (non-hydrogen) atoms. The van der Waals surface area contributed by atoms with Crippen molar-refractivity contribution < 1.29 is 18.7 Å². The van der Waals surface area contributed by atoms with E-state index in [1.54, 1.807) is 0 Å². The van der Waals surface area contributed by atoms with Crippen molar-refractivity contribution in [3.8, 4) is 0 Å². The summed E-state index contributed by atoms with van der Waals surface area (Å²) in [4.78, 5) is 47.9. The summed E-state index contributed by atoms with van der Waals surface area (Å²) in [6.07, 6.45) is 0. The van der Waals surface area contributed by atoms with Gasteiger partial charge in [0.2, 0.25) is 5.78 Å². The van der Waals surface area contributed by atoms with Crippen molar-refractivity contribution in [1.82, 2.24) is 9.13 Å². The van der Waals surface area contributed by atoms with Crippen molar-refractivity contribution in [3.63, 3.8) is 0 Å². The van der Waals surface area contributed by atoms with Gasteiger partial charge in [0.1, 0.15) is 22.8 Å². The van der Waals surface area contributed by atoms with Crippen LogP contribution in [0.2, 0.25) is 5.02 Å². The van der Waals surface area contributed by atoms with Crippen molar-refractivity contribution in [2.75, 3.05) is 12.3 Å². The van der Waals surface area contributed by atoms with Gasteiger partial charge in [-0.1, -0.05) is 17.7 Å². The molecule has 0 spiro atoms. The van der Waals surface area contributed by atoms with E-state index in [2.05, 4.69) is 0 Å². The Bertz CT molecular complexity index is 976. The standard InChI is InChI=1S/C15H13ClFN3O5/c1-19-12(18)11(13(22)20(2)15(19)24)9(21)6-25-14(23)10-7(16)4-3-5-8(10)17/h3-5H,6,18H2,1-2H3. The minimum atomic E-state index is -1.17. The first-order valence-electron chi connectivity index (χ1n) is 6.86. The number of esters is 1. The van der Waals surface area contributed by atoms with E-state index >= 15 is 0 Å². The molecule has 0 aliphatic carbocycles. The maximum Gasteiger partial charge on any atom is 0.343 e. The minimum Gasteiger partial charge on any atom is -0.454 e. The van der Waals surface area contributed by atoms with Gasteiger partial charge in [0.25, 0.3) is 5.56 Å². The Morgan fingerprint density at radius 2 is 1.84 bits per heavy atom. The number of halogens is 2. The Kier molecular flexibility index (Phi) is 5.07. The van der Waals surface area contributed by atoms with Crippen LogP contribution in [0.3, 0.4) is 0 Å². The second kappa shape index (κ2) is 6.89. The first kappa shape index (κ1) is 18.4. The van der Waals surface area contributed by atoms with Crippen LogP contribution in [0, 0.1) is 5.82 Å². The molecule has 10 heteroatoms. The van der Waals surface area contributed by atoms with Gasteiger partial charge in [0.05, 0.1) is 5.02 Å². The number of anilines is 1. The summed E-state index contributed by atoms with van der Waals surface area (Å²) in [5.41, 5.74) is 2.96. The van der Waals surface area contributed by atoms with Crippen LogP contribution in [0.25, 0.3) is 0 Å². The fourth-order valence-electron chi connectivity index (χ4n) is 2.09. The average Bonchev–Trinajstić information content (AvgIpc) is 2.56. The highest BCUT2D eigenvalue weighted by molar-refractivity contribution is 6.33. The molecule has 0 atom stereocenters. The van der Waals surface area contributed by atoms with Crippen molar-refractivity contribution in [1.29, 1.82) is 0 Å². The summed E-state index contributed by atoms with van der Waals surface area (Å²) in [5.74, 6) is -3.38. The third-order valence-electron chi connectivity index (χ3n) is 3.49. The van der Waals surface area contributed by atoms with E-state index in [4.69, 9.17) is 22.1 Å². The zero-order valence-electron chi connectivity index (χ0n) is 13.2. The fourth-order valence-corrected chi connectivity index (χ4v) is 2.33. The van der Waals surface area contributed by atoms with Crippen LogP contribution >= 0.6 is 11.6 Å². The van der Waals surface area contributed by atoms with Crippen LogP contribution in [-0.4, -0.2) is 27.5 Å². The normalized spacial score (nSPS) is 10.6. The van der Waals surface area contributed by atoms with E-state index in [-0.39, 0.29) is 10.8 Å². The molecule has 0 aliphatic heterocycles. The van der Waals surface area contributed by atoms with Crippen LogP contribution in [0.5, 0.6) is 0 Å². The largest absolute Gasteiger partial charge is 0.454 e. The summed E-state index contributed by atoms with van der Waals surface area (Å²) < 4.78 is 20.0. The highest BCUT2D eigenvalue weighted by Gasteiger charge is 2.23. The molecule has 0 fully saturated rings. The number of carbonyl (C=O) groups is 2. The van der Waals surface area contributed by atoms with E-state index in [1.165, 1.54) is 26.2 Å². The maximum absolute atomic E-state index is 13.6. The summed E-state index contributed by atoms with van der Waals surface area (Å²) in [6, 6.07) is 3.59. The van der Waals surface area contributed by atoms with Crippen LogP contribution in [0.1, 0.15) is 20.7 Å². The van der Waals surface area contributed by atoms with E-state index in [9.17, 15) is 23.6 Å². The predicted octanol–water partition coefficient (Wildman–Crippen LogP) is 0.498. The molecular formula is C15H13ClFN3O5. The van der Waals surface area contributed by atoms with Crippen LogP contribution < -0.4 is 17.0 Å². The van der Waals surface area contributed by atoms with E-state index in [0.29, 0.717) is 4.57 Å². The fraction of sp³-hybridized carbons (Fsp3) is 0.200. The zero-order valence-corrected chi connectivity index (χ0v) is 14.0. The van der Waals surface area contributed by atoms with E-state index in [0.717, 1.165) is 10.6 Å². The molecule has 0 saturated carbocycles. The smallest absolute Gasteiger partial charge is 0.343 e. The number of nitrogen functional groups attached to an aromatic ring is 1. The maximum atomic E-state index is 13.6. The number of nitrogens with two attached hydrogens (primary N) is 1. The first-order chi connectivity index (χ1) is 11.7. The van der Waals surface area contributed by atoms with Crippen LogP contribution in [0.4, 0.5) is 10.2 Å². The molecule has 0 unspecified atom stereocenters. The van der Waals surface area contributed by atoms with Gasteiger partial charge in [-0.05, 0) is 12.1 Å². The quantitative estimate of drug-likeness (QED) is 0.620. The van der Waals surface area contributed by atoms with Gasteiger partial charge in [-0.15, -0.1) is 0 Å². The number of benzene rings is 1. The Morgan fingerprint density at radius 1 is 1.20 bits per heavy atom. The van der Waals surface area contributed by atoms with Gasteiger partial charge in [-0.2, -0.15) is 0 Å². The number of carbonyl (C=O) groups excluding carboxylic acids is 2. The molecule has 2 aromatic rings. The van der Waals surface area contributed by atoms with Gasteiger partial charge in [-0.25, -0.2) is 14.0 Å². The van der Waals surface area contributed by atoms with Crippen molar-refractivity contribution >= 4 is 29.2 Å². The third-order valence-corrected chi connectivity index (χ3v) is 3.80. The second-order valence-corrected chi connectivity index (χ2v) is 5.47. The number of ether oxygens (including phenoxy) is 1. The lowest BCUT2D eigenvalue weighted by Gasteiger charge is -2.11. The molecule has 0 saturated heterocycles. The molecule has 2 N–H and O–H groups in total. The van der Waals surface area contributed by atoms with Gasteiger partial charge >= 0.3 is 11.7 Å². The monoisotopic (exact) mass is 369 g/mol. The second-order valence-electron chi connectivity index (χ2n) is 5.06. The van der Waals surface area contributed by atoms with E-state index < -0.39 is 46.6 Å². The number of Topliss-reactive ketones (excluding diaryl/α,β-unsaturated/α-hetero) is 1. The number of hydrogen-bond donors (Lipinski definition) is 1. The van der Waals surface area contributed by atoms with E-state index in [1.807, 2.05) is 0 Å². The molecule has 1 aromatic carbocycles. The van der Waals surface area contributed by atoms with Crippen molar-refractivity contribution in [3.05, 3.63) is 61.0 Å². The molecule has 8 nitrogen and oxygen atoms in total. The van der Waals surface area contributed by atoms with Gasteiger partial charge < -0.3 is 10.5 Å². The first-order valence-corrected chi connectivity index (χ1v) is 7.24. The van der Waals surface area contributed by atoms with Gasteiger partial charge in [0, 0.05) is 14.1 Å². The SMILES string of the molecule is Cn1c(N)c(C(=O)COC(=O)c2c(F)cccc2Cl)c(=O)n(C)c1=O. The zero-order chi connectivity index (χ0) is 18.9. The summed E-state index contributed by atoms with van der Waals surface area (Å²) in [5, 5.41) is -0.185. The number of nitrogens with zero attached hydrogens (tertiary/aromatic N) is 2. The number of rotatable bonds is 4. The minimum absolute atomic E-state index is 0.185. The lowest BCUT2D eigenvalue weighted by molar-refractivity contribution is 0.0469. The Morgan fingerprint density at radius 3 is 2.44 bits per heavy atom. The third kappa shape index (κ3) is 3.31. The molecule has 0 radical (unpaired) electrons. The molecular weight excluding hydrogens is 357 g/mol. The number of hydrogen-bond acceptors (Lipinski definition) is 6. The summed E-state index contributed by atoms with van der Waals surface area (Å²) in [6.45, 7) is -0.874. The lowest BCUT2D eigenvalue weighted by Crippen LogP contribution is -2.42. The number of aromatic nitrogens is 2. The number of ketones is 1. The molecule has 1 aromatic heterocycles. The summed E-state index contributed by atoms with van der Waals surface area (Å²) in [7, 11) is 2.45. The highest BCUT2D eigenvalue weighted by atomic mass is 35.5. The molecule has 1 heterocycles. The molecule has 0 amide bonds. The Balaban J connectivity index is 2.29. The lowest BCUT2D eigenvalue weighted by atomic mass is 10.2. The predicted molar refractivity (Wildman–Crippen MR) is 87.4 cm³/mol. The van der Waals surface area contributed by atoms with Crippen LogP contribution in [0.15, 0.2) is 27.8 Å². The highest BCUT2D eigenvalue weighted by Crippen LogP contribution is 2.20. The molecule has 132 valence electrons. The van der Waals surface area contributed by atoms with Crippen LogP contribution in [-0.2, 0) is 18.8 Å². The molecule has 0 bridgehead atoms. The van der Waals surface area contributed by atoms with Gasteiger partial charge in [0.15, 0.2) is 6.61 Å². The van der Waals surface area contributed by atoms with Gasteiger partial charge in [-0.3, -0.25) is 18.7 Å².